The fourth-order valence-electron chi connectivity index (χ4n) is 3.03. The summed E-state index contributed by atoms with van der Waals surface area (Å²) in [5.74, 6) is 0.200. The van der Waals surface area contributed by atoms with Crippen molar-refractivity contribution < 1.29 is 9.53 Å². The van der Waals surface area contributed by atoms with Crippen LogP contribution in [-0.2, 0) is 17.3 Å². The maximum absolute atomic E-state index is 12.3. The number of aryl methyl sites for hydroxylation is 3. The first-order chi connectivity index (χ1) is 12.6. The number of ether oxygens (including phenoxy) is 1. The van der Waals surface area contributed by atoms with Gasteiger partial charge in [0, 0.05) is 18.4 Å². The van der Waals surface area contributed by atoms with Crippen molar-refractivity contribution in [1.82, 2.24) is 14.8 Å². The van der Waals surface area contributed by atoms with E-state index < -0.39 is 0 Å². The Morgan fingerprint density at radius 1 is 1.19 bits per heavy atom. The number of nitrogens with zero attached hydrogens (tertiary/aromatic N) is 3. The molecule has 0 atom stereocenters. The zero-order chi connectivity index (χ0) is 19.8. The lowest BCUT2D eigenvalue weighted by Gasteiger charge is -2.19. The third-order valence-corrected chi connectivity index (χ3v) is 4.46. The van der Waals surface area contributed by atoms with Crippen LogP contribution >= 0.6 is 0 Å². The number of fused-ring (bicyclic) bond motifs is 1. The van der Waals surface area contributed by atoms with Crippen LogP contribution in [0, 0.1) is 13.8 Å². The number of pyridine rings is 1. The minimum atomic E-state index is -0.227. The van der Waals surface area contributed by atoms with Gasteiger partial charge in [0.1, 0.15) is 0 Å². The van der Waals surface area contributed by atoms with E-state index in [2.05, 4.69) is 36.2 Å². The highest BCUT2D eigenvalue weighted by Crippen LogP contribution is 2.27. The summed E-state index contributed by atoms with van der Waals surface area (Å²) in [6.07, 6.45) is 0. The number of hydrogen-bond donors (Lipinski definition) is 1. The van der Waals surface area contributed by atoms with Crippen LogP contribution in [0.3, 0.4) is 0 Å². The SMILES string of the molecule is Cc1cc(C)c2c(OCC(=O)Nc3ccc(C(C)(C)C)cc3)nn(C)c2n1. The number of aromatic nitrogens is 3. The lowest BCUT2D eigenvalue weighted by atomic mass is 9.87. The molecule has 0 unspecified atom stereocenters. The van der Waals surface area contributed by atoms with E-state index in [1.165, 1.54) is 5.56 Å². The third kappa shape index (κ3) is 4.10. The van der Waals surface area contributed by atoms with Crippen molar-refractivity contribution in [3.8, 4) is 5.88 Å². The number of carbonyl (C=O) groups excluding carboxylic acids is 1. The number of anilines is 1. The van der Waals surface area contributed by atoms with Crippen LogP contribution in [0.15, 0.2) is 30.3 Å². The summed E-state index contributed by atoms with van der Waals surface area (Å²) in [7, 11) is 1.82. The second-order valence-electron chi connectivity index (χ2n) is 7.87. The Kier molecular flexibility index (Phi) is 4.91. The number of rotatable bonds is 4. The molecule has 1 N–H and O–H groups in total. The van der Waals surface area contributed by atoms with Crippen molar-refractivity contribution in [3.63, 3.8) is 0 Å². The number of amides is 1. The standard InChI is InChI=1S/C21H26N4O2/c1-13-11-14(2)22-19-18(13)20(24-25(19)6)27-12-17(26)23-16-9-7-15(8-10-16)21(3,4)5/h7-11H,12H2,1-6H3,(H,23,26). The Labute approximate surface area is 159 Å². The molecule has 0 aliphatic heterocycles. The molecule has 0 aliphatic rings. The minimum absolute atomic E-state index is 0.0793. The summed E-state index contributed by atoms with van der Waals surface area (Å²) >= 11 is 0. The number of hydrogen-bond acceptors (Lipinski definition) is 4. The van der Waals surface area contributed by atoms with Crippen LogP contribution in [0.5, 0.6) is 5.88 Å². The van der Waals surface area contributed by atoms with Crippen LogP contribution in [0.2, 0.25) is 0 Å². The summed E-state index contributed by atoms with van der Waals surface area (Å²) < 4.78 is 7.36. The molecule has 0 spiro atoms. The average Bonchev–Trinajstić information content (AvgIpc) is 2.89. The van der Waals surface area contributed by atoms with Gasteiger partial charge in [-0.1, -0.05) is 32.9 Å². The molecule has 0 aliphatic carbocycles. The molecular weight excluding hydrogens is 340 g/mol. The molecule has 3 rings (SSSR count). The molecule has 2 heterocycles. The Morgan fingerprint density at radius 2 is 1.85 bits per heavy atom. The van der Waals surface area contributed by atoms with Crippen LogP contribution in [0.1, 0.15) is 37.6 Å². The van der Waals surface area contributed by atoms with Gasteiger partial charge in [-0.3, -0.25) is 4.79 Å². The van der Waals surface area contributed by atoms with Gasteiger partial charge >= 0.3 is 0 Å². The fourth-order valence-corrected chi connectivity index (χ4v) is 3.03. The van der Waals surface area contributed by atoms with Gasteiger partial charge in [-0.25, -0.2) is 9.67 Å². The van der Waals surface area contributed by atoms with Crippen LogP contribution in [0.25, 0.3) is 11.0 Å². The molecule has 6 nitrogen and oxygen atoms in total. The van der Waals surface area contributed by atoms with E-state index in [1.807, 2.05) is 51.2 Å². The smallest absolute Gasteiger partial charge is 0.262 e. The van der Waals surface area contributed by atoms with Gasteiger partial charge in [0.2, 0.25) is 5.88 Å². The second-order valence-corrected chi connectivity index (χ2v) is 7.87. The quantitative estimate of drug-likeness (QED) is 0.760. The summed E-state index contributed by atoms with van der Waals surface area (Å²) in [4.78, 5) is 16.8. The van der Waals surface area contributed by atoms with Crippen molar-refractivity contribution in [2.75, 3.05) is 11.9 Å². The summed E-state index contributed by atoms with van der Waals surface area (Å²) in [6, 6.07) is 9.85. The lowest BCUT2D eigenvalue weighted by Crippen LogP contribution is -2.20. The van der Waals surface area contributed by atoms with E-state index >= 15 is 0 Å². The molecule has 1 aromatic carbocycles. The van der Waals surface area contributed by atoms with Crippen molar-refractivity contribution in [2.24, 2.45) is 7.05 Å². The highest BCUT2D eigenvalue weighted by atomic mass is 16.5. The Bertz CT molecular complexity index is 982. The van der Waals surface area contributed by atoms with E-state index in [9.17, 15) is 4.79 Å². The molecule has 2 aromatic heterocycles. The minimum Gasteiger partial charge on any atom is -0.466 e. The van der Waals surface area contributed by atoms with Gasteiger partial charge in [-0.05, 0) is 48.6 Å². The Balaban J connectivity index is 1.69. The predicted molar refractivity (Wildman–Crippen MR) is 107 cm³/mol. The molecule has 0 fully saturated rings. The van der Waals surface area contributed by atoms with Gasteiger partial charge < -0.3 is 10.1 Å². The van der Waals surface area contributed by atoms with E-state index in [4.69, 9.17) is 4.74 Å². The molecule has 27 heavy (non-hydrogen) atoms. The van der Waals surface area contributed by atoms with Crippen molar-refractivity contribution in [2.45, 2.75) is 40.0 Å². The molecule has 0 saturated carbocycles. The molecule has 142 valence electrons. The normalized spacial score (nSPS) is 11.6. The number of carbonyl (C=O) groups is 1. The fraction of sp³-hybridized carbons (Fsp3) is 0.381. The van der Waals surface area contributed by atoms with E-state index in [0.717, 1.165) is 28.0 Å². The van der Waals surface area contributed by atoms with E-state index in [1.54, 1.807) is 4.68 Å². The molecular formula is C21H26N4O2. The van der Waals surface area contributed by atoms with Crippen molar-refractivity contribution in [1.29, 1.82) is 0 Å². The Hall–Kier alpha value is -2.89. The first kappa shape index (κ1) is 18.9. The predicted octanol–water partition coefficient (Wildman–Crippen LogP) is 3.90. The first-order valence-corrected chi connectivity index (χ1v) is 8.99. The highest BCUT2D eigenvalue weighted by Gasteiger charge is 2.16. The lowest BCUT2D eigenvalue weighted by molar-refractivity contribution is -0.118. The maximum Gasteiger partial charge on any atom is 0.262 e. The Morgan fingerprint density at radius 3 is 2.48 bits per heavy atom. The molecule has 0 bridgehead atoms. The van der Waals surface area contributed by atoms with Crippen LogP contribution in [-0.4, -0.2) is 27.3 Å². The average molecular weight is 366 g/mol. The van der Waals surface area contributed by atoms with Crippen molar-refractivity contribution in [3.05, 3.63) is 47.2 Å². The molecule has 6 heteroatoms. The zero-order valence-electron chi connectivity index (χ0n) is 16.8. The van der Waals surface area contributed by atoms with Gasteiger partial charge in [0.25, 0.3) is 5.91 Å². The van der Waals surface area contributed by atoms with Gasteiger partial charge in [0.15, 0.2) is 12.3 Å². The van der Waals surface area contributed by atoms with E-state index in [0.29, 0.717) is 5.88 Å². The molecule has 0 saturated heterocycles. The summed E-state index contributed by atoms with van der Waals surface area (Å²) in [5.41, 5.74) is 4.74. The van der Waals surface area contributed by atoms with Gasteiger partial charge in [-0.2, -0.15) is 0 Å². The van der Waals surface area contributed by atoms with Gasteiger partial charge in [0.05, 0.1) is 5.39 Å². The maximum atomic E-state index is 12.3. The summed E-state index contributed by atoms with van der Waals surface area (Å²) in [6.45, 7) is 10.3. The highest BCUT2D eigenvalue weighted by molar-refractivity contribution is 5.92. The monoisotopic (exact) mass is 366 g/mol. The van der Waals surface area contributed by atoms with Crippen LogP contribution in [0.4, 0.5) is 5.69 Å². The number of benzene rings is 1. The van der Waals surface area contributed by atoms with Crippen LogP contribution < -0.4 is 10.1 Å². The topological polar surface area (TPSA) is 69.0 Å². The van der Waals surface area contributed by atoms with Gasteiger partial charge in [-0.15, -0.1) is 5.10 Å². The molecule has 0 radical (unpaired) electrons. The third-order valence-electron chi connectivity index (χ3n) is 4.46. The number of nitrogens with one attached hydrogen (secondary N) is 1. The largest absolute Gasteiger partial charge is 0.466 e. The second kappa shape index (κ2) is 7.02. The van der Waals surface area contributed by atoms with E-state index in [-0.39, 0.29) is 17.9 Å². The zero-order valence-corrected chi connectivity index (χ0v) is 16.8. The van der Waals surface area contributed by atoms with Crippen molar-refractivity contribution >= 4 is 22.6 Å². The first-order valence-electron chi connectivity index (χ1n) is 8.99. The molecule has 1 amide bonds. The summed E-state index contributed by atoms with van der Waals surface area (Å²) in [5, 5.41) is 8.05. The molecule has 3 aromatic rings.